The first-order valence-corrected chi connectivity index (χ1v) is 6.35. The third kappa shape index (κ3) is 2.25. The van der Waals surface area contributed by atoms with Gasteiger partial charge in [0.25, 0.3) is 0 Å². The molecule has 0 amide bonds. The molecule has 0 aromatic heterocycles. The molecule has 3 rings (SSSR count). The molecule has 0 radical (unpaired) electrons. The van der Waals surface area contributed by atoms with Gasteiger partial charge < -0.3 is 10.5 Å². The first kappa shape index (κ1) is 11.6. The van der Waals surface area contributed by atoms with Crippen LogP contribution in [0.3, 0.4) is 0 Å². The van der Waals surface area contributed by atoms with Crippen molar-refractivity contribution in [3.05, 3.63) is 53.1 Å². The summed E-state index contributed by atoms with van der Waals surface area (Å²) < 4.78 is 5.79. The van der Waals surface area contributed by atoms with E-state index in [0.717, 1.165) is 12.2 Å². The number of hydrogen-bond donors (Lipinski definition) is 1. The third-order valence-electron chi connectivity index (χ3n) is 3.45. The van der Waals surface area contributed by atoms with Crippen LogP contribution in [0.5, 0.6) is 11.5 Å². The van der Waals surface area contributed by atoms with E-state index in [0.29, 0.717) is 17.0 Å². The number of nitriles is 1. The van der Waals surface area contributed by atoms with Crippen LogP contribution in [0.2, 0.25) is 0 Å². The van der Waals surface area contributed by atoms with Gasteiger partial charge in [0.05, 0.1) is 11.3 Å². The fraction of sp³-hybridized carbons (Fsp3) is 0.188. The Bertz CT molecular complexity index is 662. The Balaban J connectivity index is 1.85. The van der Waals surface area contributed by atoms with E-state index >= 15 is 0 Å². The van der Waals surface area contributed by atoms with Gasteiger partial charge in [-0.15, -0.1) is 0 Å². The maximum atomic E-state index is 8.83. The van der Waals surface area contributed by atoms with Crippen LogP contribution in [0.1, 0.15) is 23.1 Å². The number of benzene rings is 2. The molecule has 2 N–H and O–H groups in total. The van der Waals surface area contributed by atoms with E-state index in [9.17, 15) is 0 Å². The first-order chi connectivity index (χ1) is 9.26. The maximum absolute atomic E-state index is 8.83. The fourth-order valence-corrected chi connectivity index (χ4v) is 2.45. The van der Waals surface area contributed by atoms with Gasteiger partial charge in [-0.3, -0.25) is 0 Å². The number of hydrogen-bond acceptors (Lipinski definition) is 3. The lowest BCUT2D eigenvalue weighted by atomic mass is 10.1. The van der Waals surface area contributed by atoms with E-state index in [1.807, 2.05) is 12.1 Å². The average molecular weight is 250 g/mol. The van der Waals surface area contributed by atoms with Crippen LogP contribution in [0, 0.1) is 11.3 Å². The summed E-state index contributed by atoms with van der Waals surface area (Å²) in [6, 6.07) is 13.4. The minimum atomic E-state index is 0.446. The van der Waals surface area contributed by atoms with Gasteiger partial charge in [-0.25, -0.2) is 0 Å². The Morgan fingerprint density at radius 2 is 1.74 bits per heavy atom. The Hall–Kier alpha value is -2.47. The summed E-state index contributed by atoms with van der Waals surface area (Å²) in [6.45, 7) is 0. The van der Waals surface area contributed by atoms with E-state index in [4.69, 9.17) is 15.7 Å². The summed E-state index contributed by atoms with van der Waals surface area (Å²) in [5.41, 5.74) is 9.49. The summed E-state index contributed by atoms with van der Waals surface area (Å²) in [4.78, 5) is 0. The molecule has 0 saturated heterocycles. The van der Waals surface area contributed by atoms with Gasteiger partial charge in [0.2, 0.25) is 0 Å². The number of nitrogens with zero attached hydrogens (tertiary/aromatic N) is 1. The Morgan fingerprint density at radius 1 is 1.00 bits per heavy atom. The number of nitrogen functional groups attached to an aromatic ring is 1. The minimum Gasteiger partial charge on any atom is -0.457 e. The van der Waals surface area contributed by atoms with Crippen molar-refractivity contribution in [3.63, 3.8) is 0 Å². The van der Waals surface area contributed by atoms with Crippen molar-refractivity contribution in [2.24, 2.45) is 0 Å². The second-order valence-electron chi connectivity index (χ2n) is 4.75. The molecule has 19 heavy (non-hydrogen) atoms. The summed E-state index contributed by atoms with van der Waals surface area (Å²) in [6.07, 6.45) is 3.52. The smallest absolute Gasteiger partial charge is 0.129 e. The van der Waals surface area contributed by atoms with Crippen LogP contribution < -0.4 is 10.5 Å². The van der Waals surface area contributed by atoms with E-state index in [-0.39, 0.29) is 0 Å². The third-order valence-corrected chi connectivity index (χ3v) is 3.45. The van der Waals surface area contributed by atoms with Gasteiger partial charge in [0, 0.05) is 6.07 Å². The largest absolute Gasteiger partial charge is 0.457 e. The number of rotatable bonds is 2. The van der Waals surface area contributed by atoms with Gasteiger partial charge in [0.1, 0.15) is 17.6 Å². The van der Waals surface area contributed by atoms with Crippen molar-refractivity contribution in [2.75, 3.05) is 5.73 Å². The SMILES string of the molecule is N#Cc1ccc(Oc2ccc3c(c2)CCC3)cc1N. The molecule has 0 spiro atoms. The molecule has 2 aromatic carbocycles. The fourth-order valence-electron chi connectivity index (χ4n) is 2.45. The van der Waals surface area contributed by atoms with Gasteiger partial charge in [0.15, 0.2) is 0 Å². The van der Waals surface area contributed by atoms with Crippen molar-refractivity contribution < 1.29 is 4.74 Å². The first-order valence-electron chi connectivity index (χ1n) is 6.35. The summed E-state index contributed by atoms with van der Waals surface area (Å²) in [5.74, 6) is 1.49. The molecule has 2 aromatic rings. The molecule has 1 aliphatic carbocycles. The monoisotopic (exact) mass is 250 g/mol. The number of aryl methyl sites for hydroxylation is 2. The van der Waals surface area contributed by atoms with Crippen molar-refractivity contribution in [3.8, 4) is 17.6 Å². The molecule has 3 nitrogen and oxygen atoms in total. The van der Waals surface area contributed by atoms with E-state index in [1.165, 1.54) is 24.0 Å². The standard InChI is InChI=1S/C16H14N2O/c17-10-13-5-7-15(9-16(13)18)19-14-6-4-11-2-1-3-12(11)8-14/h4-9H,1-3,18H2. The van der Waals surface area contributed by atoms with Gasteiger partial charge in [-0.05, 0) is 54.7 Å². The number of anilines is 1. The highest BCUT2D eigenvalue weighted by Gasteiger charge is 2.11. The second kappa shape index (κ2) is 4.66. The molecular weight excluding hydrogens is 236 g/mol. The summed E-state index contributed by atoms with van der Waals surface area (Å²) in [5, 5.41) is 8.83. The molecule has 0 heterocycles. The van der Waals surface area contributed by atoms with Gasteiger partial charge >= 0.3 is 0 Å². The topological polar surface area (TPSA) is 59.0 Å². The zero-order chi connectivity index (χ0) is 13.2. The molecule has 0 saturated carbocycles. The minimum absolute atomic E-state index is 0.446. The predicted octanol–water partition coefficient (Wildman–Crippen LogP) is 3.42. The zero-order valence-corrected chi connectivity index (χ0v) is 10.5. The average Bonchev–Trinajstić information content (AvgIpc) is 2.86. The zero-order valence-electron chi connectivity index (χ0n) is 10.5. The molecule has 0 bridgehead atoms. The normalized spacial score (nSPS) is 12.8. The van der Waals surface area contributed by atoms with Crippen LogP contribution in [-0.4, -0.2) is 0 Å². The predicted molar refractivity (Wildman–Crippen MR) is 74.1 cm³/mol. The second-order valence-corrected chi connectivity index (χ2v) is 4.75. The van der Waals surface area contributed by atoms with E-state index in [1.54, 1.807) is 18.2 Å². The molecule has 1 aliphatic rings. The van der Waals surface area contributed by atoms with Crippen LogP contribution in [0.15, 0.2) is 36.4 Å². The number of fused-ring (bicyclic) bond motifs is 1. The highest BCUT2D eigenvalue weighted by atomic mass is 16.5. The summed E-state index contributed by atoms with van der Waals surface area (Å²) in [7, 11) is 0. The quantitative estimate of drug-likeness (QED) is 0.831. The van der Waals surface area contributed by atoms with E-state index < -0.39 is 0 Å². The van der Waals surface area contributed by atoms with E-state index in [2.05, 4.69) is 12.1 Å². The lowest BCUT2D eigenvalue weighted by Crippen LogP contribution is -1.92. The number of nitrogens with two attached hydrogens (primary N) is 1. The van der Waals surface area contributed by atoms with Crippen LogP contribution in [0.25, 0.3) is 0 Å². The highest BCUT2D eigenvalue weighted by molar-refractivity contribution is 5.57. The Labute approximate surface area is 112 Å². The molecule has 0 fully saturated rings. The molecule has 3 heteroatoms. The van der Waals surface area contributed by atoms with Crippen LogP contribution in [-0.2, 0) is 12.8 Å². The van der Waals surface area contributed by atoms with Crippen molar-refractivity contribution >= 4 is 5.69 Å². The maximum Gasteiger partial charge on any atom is 0.129 e. The molecule has 94 valence electrons. The van der Waals surface area contributed by atoms with Crippen molar-refractivity contribution in [1.29, 1.82) is 5.26 Å². The Kier molecular flexibility index (Phi) is 2.85. The number of ether oxygens (including phenoxy) is 1. The molecule has 0 unspecified atom stereocenters. The molecule has 0 atom stereocenters. The van der Waals surface area contributed by atoms with Crippen molar-refractivity contribution in [1.82, 2.24) is 0 Å². The van der Waals surface area contributed by atoms with Crippen molar-refractivity contribution in [2.45, 2.75) is 19.3 Å². The molecule has 0 aliphatic heterocycles. The summed E-state index contributed by atoms with van der Waals surface area (Å²) >= 11 is 0. The van der Waals surface area contributed by atoms with Gasteiger partial charge in [-0.1, -0.05) is 6.07 Å². The lowest BCUT2D eigenvalue weighted by Gasteiger charge is -2.08. The molecular formula is C16H14N2O. The highest BCUT2D eigenvalue weighted by Crippen LogP contribution is 2.30. The van der Waals surface area contributed by atoms with Crippen LogP contribution in [0.4, 0.5) is 5.69 Å². The van der Waals surface area contributed by atoms with Crippen LogP contribution >= 0.6 is 0 Å². The van der Waals surface area contributed by atoms with Gasteiger partial charge in [-0.2, -0.15) is 5.26 Å². The lowest BCUT2D eigenvalue weighted by molar-refractivity contribution is 0.482. The Morgan fingerprint density at radius 3 is 2.53 bits per heavy atom.